The predicted octanol–water partition coefficient (Wildman–Crippen LogP) is 14.7. The first-order valence-electron chi connectivity index (χ1n) is 20.0. The fraction of sp³-hybridized carbons (Fsp3) is 0. The van der Waals surface area contributed by atoms with E-state index in [1.807, 2.05) is 12.1 Å². The first-order valence-corrected chi connectivity index (χ1v) is 20.0. The molecule has 0 amide bonds. The van der Waals surface area contributed by atoms with E-state index in [9.17, 15) is 0 Å². The molecule has 0 fully saturated rings. The number of hydrogen-bond donors (Lipinski definition) is 0. The van der Waals surface area contributed by atoms with E-state index in [-0.39, 0.29) is 0 Å². The van der Waals surface area contributed by atoms with Crippen LogP contribution in [0.5, 0.6) is 0 Å². The fourth-order valence-electron chi connectivity index (χ4n) is 8.91. The van der Waals surface area contributed by atoms with Gasteiger partial charge in [0.25, 0.3) is 0 Å². The molecule has 0 aliphatic carbocycles. The van der Waals surface area contributed by atoms with Gasteiger partial charge in [0.2, 0.25) is 0 Å². The maximum Gasteiger partial charge on any atom is 0.159 e. The van der Waals surface area contributed by atoms with Crippen LogP contribution >= 0.6 is 0 Å². The summed E-state index contributed by atoms with van der Waals surface area (Å²) in [6.07, 6.45) is 0. The Morgan fingerprint density at radius 1 is 0.339 bits per heavy atom. The van der Waals surface area contributed by atoms with Crippen molar-refractivity contribution < 1.29 is 4.42 Å². The van der Waals surface area contributed by atoms with Gasteiger partial charge in [-0.1, -0.05) is 146 Å². The minimum absolute atomic E-state index is 0.861. The summed E-state index contributed by atoms with van der Waals surface area (Å²) < 4.78 is 11.5. The number of para-hydroxylation sites is 3. The number of furan rings is 1. The summed E-state index contributed by atoms with van der Waals surface area (Å²) in [6.45, 7) is 0. The quantitative estimate of drug-likeness (QED) is 0.169. The molecule has 3 heterocycles. The average Bonchev–Trinajstić information content (AvgIpc) is 3.99. The van der Waals surface area contributed by atoms with Crippen LogP contribution in [0.15, 0.2) is 217 Å². The van der Waals surface area contributed by atoms with Gasteiger partial charge < -0.3 is 8.98 Å². The molecule has 4 nitrogen and oxygen atoms in total. The number of benzene rings is 9. The highest BCUT2D eigenvalue weighted by atomic mass is 16.3. The second-order valence-corrected chi connectivity index (χ2v) is 15.2. The lowest BCUT2D eigenvalue weighted by Crippen LogP contribution is -1.97. The van der Waals surface area contributed by atoms with Crippen molar-refractivity contribution in [3.05, 3.63) is 212 Å². The highest BCUT2D eigenvalue weighted by Crippen LogP contribution is 2.41. The maximum atomic E-state index is 6.92. The Morgan fingerprint density at radius 2 is 0.881 bits per heavy atom. The summed E-state index contributed by atoms with van der Waals surface area (Å²) in [5, 5.41) is 4.60. The number of aromatic nitrogens is 3. The third-order valence-electron chi connectivity index (χ3n) is 11.7. The molecule has 0 aliphatic rings. The van der Waals surface area contributed by atoms with Crippen LogP contribution in [0.3, 0.4) is 0 Å². The number of rotatable bonds is 6. The summed E-state index contributed by atoms with van der Waals surface area (Å²) in [5.74, 6) is 0.926. The highest BCUT2D eigenvalue weighted by Gasteiger charge is 2.20. The lowest BCUT2D eigenvalue weighted by Gasteiger charge is -2.11. The van der Waals surface area contributed by atoms with E-state index < -0.39 is 0 Å². The first kappa shape index (κ1) is 33.2. The maximum absolute atomic E-state index is 6.92. The Morgan fingerprint density at radius 3 is 1.54 bits per heavy atom. The van der Waals surface area contributed by atoms with E-state index in [1.54, 1.807) is 0 Å². The van der Waals surface area contributed by atoms with Gasteiger partial charge in [-0.15, -0.1) is 0 Å². The largest absolute Gasteiger partial charge is 0.454 e. The predicted molar refractivity (Wildman–Crippen MR) is 244 cm³/mol. The van der Waals surface area contributed by atoms with Crippen LogP contribution in [-0.4, -0.2) is 14.1 Å². The van der Waals surface area contributed by atoms with E-state index in [0.717, 1.165) is 77.9 Å². The molecule has 0 N–H and O–H groups in total. The van der Waals surface area contributed by atoms with Gasteiger partial charge in [0.15, 0.2) is 5.58 Å². The minimum Gasteiger partial charge on any atom is -0.454 e. The standard InChI is InChI=1S/C55H35N3O/c1-4-13-36(14-5-1)40-26-31-49-46(33-40)47-34-41(37-15-6-2-7-16-37)27-32-50(47)58(49)52-22-12-19-45-44-30-25-42(35-53(44)59-54(45)52)38-23-28-43(29-24-38)57-51-21-11-10-20-48(51)56-55(57)39-17-8-3-9-18-39/h1-35H. The van der Waals surface area contributed by atoms with Gasteiger partial charge in [0.1, 0.15) is 11.4 Å². The second kappa shape index (κ2) is 13.3. The molecular formula is C55H35N3O. The Labute approximate surface area is 340 Å². The Kier molecular flexibility index (Phi) is 7.50. The van der Waals surface area contributed by atoms with E-state index in [1.165, 1.54) is 33.0 Å². The van der Waals surface area contributed by atoms with Crippen molar-refractivity contribution >= 4 is 54.8 Å². The van der Waals surface area contributed by atoms with Crippen molar-refractivity contribution in [2.45, 2.75) is 0 Å². The zero-order chi connectivity index (χ0) is 38.9. The van der Waals surface area contributed by atoms with Gasteiger partial charge in [-0.05, 0) is 100 Å². The molecule has 4 heteroatoms. The lowest BCUT2D eigenvalue weighted by atomic mass is 10.0. The Hall–Kier alpha value is -7.95. The van der Waals surface area contributed by atoms with Crippen molar-refractivity contribution in [2.75, 3.05) is 0 Å². The lowest BCUT2D eigenvalue weighted by molar-refractivity contribution is 0.666. The normalized spacial score (nSPS) is 11.7. The summed E-state index contributed by atoms with van der Waals surface area (Å²) in [4.78, 5) is 5.04. The molecule has 3 aromatic heterocycles. The van der Waals surface area contributed by atoms with Gasteiger partial charge in [0.05, 0.1) is 27.8 Å². The van der Waals surface area contributed by atoms with Crippen LogP contribution in [0.25, 0.3) is 111 Å². The van der Waals surface area contributed by atoms with Gasteiger partial charge in [0, 0.05) is 32.8 Å². The average molecular weight is 754 g/mol. The molecule has 0 radical (unpaired) electrons. The van der Waals surface area contributed by atoms with Gasteiger partial charge in [-0.3, -0.25) is 4.57 Å². The van der Waals surface area contributed by atoms with Gasteiger partial charge >= 0.3 is 0 Å². The summed E-state index contributed by atoms with van der Waals surface area (Å²) in [7, 11) is 0. The van der Waals surface area contributed by atoms with E-state index in [0.29, 0.717) is 0 Å². The molecule has 0 unspecified atom stereocenters. The summed E-state index contributed by atoms with van der Waals surface area (Å²) in [5.41, 5.74) is 16.2. The summed E-state index contributed by atoms with van der Waals surface area (Å²) >= 11 is 0. The third kappa shape index (κ3) is 5.42. The molecular weight excluding hydrogens is 719 g/mol. The zero-order valence-corrected chi connectivity index (χ0v) is 32.0. The van der Waals surface area contributed by atoms with Crippen molar-refractivity contribution in [1.82, 2.24) is 14.1 Å². The number of hydrogen-bond acceptors (Lipinski definition) is 2. The molecule has 0 spiro atoms. The molecule has 59 heavy (non-hydrogen) atoms. The van der Waals surface area contributed by atoms with E-state index in [2.05, 4.69) is 209 Å². The molecule has 276 valence electrons. The minimum atomic E-state index is 0.861. The molecule has 0 aliphatic heterocycles. The van der Waals surface area contributed by atoms with Crippen LogP contribution in [-0.2, 0) is 0 Å². The topological polar surface area (TPSA) is 35.9 Å². The van der Waals surface area contributed by atoms with Gasteiger partial charge in [-0.2, -0.15) is 0 Å². The Balaban J connectivity index is 0.982. The zero-order valence-electron chi connectivity index (χ0n) is 32.0. The highest BCUT2D eigenvalue weighted by molar-refractivity contribution is 6.14. The molecule has 0 bridgehead atoms. The number of imidazole rings is 1. The molecule has 12 aromatic rings. The van der Waals surface area contributed by atoms with E-state index >= 15 is 0 Å². The molecule has 0 saturated carbocycles. The van der Waals surface area contributed by atoms with Crippen LogP contribution < -0.4 is 0 Å². The second-order valence-electron chi connectivity index (χ2n) is 15.2. The van der Waals surface area contributed by atoms with Crippen molar-refractivity contribution in [1.29, 1.82) is 0 Å². The molecule has 0 saturated heterocycles. The molecule has 12 rings (SSSR count). The van der Waals surface area contributed by atoms with Gasteiger partial charge in [-0.25, -0.2) is 4.98 Å². The smallest absolute Gasteiger partial charge is 0.159 e. The number of fused-ring (bicyclic) bond motifs is 7. The summed E-state index contributed by atoms with van der Waals surface area (Å²) in [6, 6.07) is 75.5. The molecule has 0 atom stereocenters. The van der Waals surface area contributed by atoms with Crippen LogP contribution in [0.4, 0.5) is 0 Å². The first-order chi connectivity index (χ1) is 29.2. The third-order valence-corrected chi connectivity index (χ3v) is 11.7. The van der Waals surface area contributed by atoms with Crippen LogP contribution in [0.2, 0.25) is 0 Å². The van der Waals surface area contributed by atoms with Crippen molar-refractivity contribution in [2.24, 2.45) is 0 Å². The fourth-order valence-corrected chi connectivity index (χ4v) is 8.91. The van der Waals surface area contributed by atoms with Crippen LogP contribution in [0.1, 0.15) is 0 Å². The van der Waals surface area contributed by atoms with Crippen LogP contribution in [0, 0.1) is 0 Å². The van der Waals surface area contributed by atoms with E-state index in [4.69, 9.17) is 9.40 Å². The monoisotopic (exact) mass is 753 g/mol. The molecule has 9 aromatic carbocycles. The SMILES string of the molecule is c1ccc(-c2ccc3c(c2)c2cc(-c4ccccc4)ccc2n3-c2cccc3c2oc2cc(-c4ccc(-n5c(-c6ccccc6)nc6ccccc65)cc4)ccc23)cc1. The number of nitrogens with zero attached hydrogens (tertiary/aromatic N) is 3. The Bertz CT molecular complexity index is 3430. The van der Waals surface area contributed by atoms with Crippen molar-refractivity contribution in [3.63, 3.8) is 0 Å². The van der Waals surface area contributed by atoms with Crippen molar-refractivity contribution in [3.8, 4) is 56.1 Å².